The molecule has 29 heavy (non-hydrogen) atoms. The number of fused-ring (bicyclic) bond motifs is 1. The quantitative estimate of drug-likeness (QED) is 0.740. The summed E-state index contributed by atoms with van der Waals surface area (Å²) in [5.41, 5.74) is 6.55. The average molecular weight is 417 g/mol. The number of ether oxygens (including phenoxy) is 2. The fraction of sp³-hybridized carbons (Fsp3) is 0.450. The van der Waals surface area contributed by atoms with Crippen LogP contribution in [-0.2, 0) is 11.3 Å². The van der Waals surface area contributed by atoms with Gasteiger partial charge in [-0.25, -0.2) is 4.98 Å². The summed E-state index contributed by atoms with van der Waals surface area (Å²) in [6.07, 6.45) is 1.52. The molecule has 8 nitrogen and oxygen atoms in total. The van der Waals surface area contributed by atoms with Crippen molar-refractivity contribution in [2.75, 3.05) is 26.3 Å². The highest BCUT2D eigenvalue weighted by molar-refractivity contribution is 7.09. The van der Waals surface area contributed by atoms with Crippen molar-refractivity contribution in [2.24, 2.45) is 5.92 Å². The zero-order valence-corrected chi connectivity index (χ0v) is 17.1. The van der Waals surface area contributed by atoms with Crippen molar-refractivity contribution in [3.05, 3.63) is 39.8 Å². The molecular weight excluding hydrogens is 392 g/mol. The van der Waals surface area contributed by atoms with Gasteiger partial charge < -0.3 is 9.47 Å². The Bertz CT molecular complexity index is 892. The number of carbonyl (C=O) groups is 2. The van der Waals surface area contributed by atoms with E-state index in [0.29, 0.717) is 30.3 Å². The topological polar surface area (TPSA) is 92.8 Å². The summed E-state index contributed by atoms with van der Waals surface area (Å²) in [5, 5.41) is 3.16. The predicted molar refractivity (Wildman–Crippen MR) is 108 cm³/mol. The van der Waals surface area contributed by atoms with Gasteiger partial charge in [-0.2, -0.15) is 0 Å². The van der Waals surface area contributed by atoms with Gasteiger partial charge >= 0.3 is 0 Å². The average Bonchev–Trinajstić information content (AvgIpc) is 3.16. The molecule has 154 valence electrons. The van der Waals surface area contributed by atoms with Crippen LogP contribution in [0, 0.1) is 12.8 Å². The van der Waals surface area contributed by atoms with E-state index in [2.05, 4.69) is 26.1 Å². The Morgan fingerprint density at radius 2 is 1.93 bits per heavy atom. The van der Waals surface area contributed by atoms with E-state index < -0.39 is 0 Å². The summed E-state index contributed by atoms with van der Waals surface area (Å²) < 4.78 is 10.9. The lowest BCUT2D eigenvalue weighted by atomic mass is 9.96. The first-order valence-corrected chi connectivity index (χ1v) is 10.6. The molecule has 0 atom stereocenters. The SMILES string of the molecule is Cc1nc(CN2CCC(C(=O)NNC(=O)c3ccc4c(c3)OCCO4)CC2)cs1. The Morgan fingerprint density at radius 1 is 1.17 bits per heavy atom. The number of rotatable bonds is 4. The highest BCUT2D eigenvalue weighted by atomic mass is 32.1. The van der Waals surface area contributed by atoms with E-state index in [-0.39, 0.29) is 17.7 Å². The van der Waals surface area contributed by atoms with Crippen LogP contribution in [-0.4, -0.2) is 48.0 Å². The summed E-state index contributed by atoms with van der Waals surface area (Å²) in [4.78, 5) is 31.6. The van der Waals surface area contributed by atoms with Gasteiger partial charge in [-0.15, -0.1) is 11.3 Å². The van der Waals surface area contributed by atoms with E-state index in [1.54, 1.807) is 29.5 Å². The van der Waals surface area contributed by atoms with Crippen molar-refractivity contribution < 1.29 is 19.1 Å². The maximum absolute atomic E-state index is 12.4. The molecule has 2 N–H and O–H groups in total. The van der Waals surface area contributed by atoms with E-state index in [0.717, 1.165) is 43.2 Å². The molecule has 0 spiro atoms. The molecule has 2 aliphatic heterocycles. The molecule has 2 aromatic rings. The second-order valence-corrected chi connectivity index (χ2v) is 8.27. The first kappa shape index (κ1) is 19.7. The zero-order chi connectivity index (χ0) is 20.2. The molecule has 1 aromatic carbocycles. The van der Waals surface area contributed by atoms with Crippen LogP contribution in [0.25, 0.3) is 0 Å². The number of hydrogen-bond acceptors (Lipinski definition) is 7. The highest BCUT2D eigenvalue weighted by Crippen LogP contribution is 2.30. The van der Waals surface area contributed by atoms with Crippen LogP contribution >= 0.6 is 11.3 Å². The molecule has 1 saturated heterocycles. The minimum absolute atomic E-state index is 0.107. The van der Waals surface area contributed by atoms with Gasteiger partial charge in [-0.3, -0.25) is 25.3 Å². The summed E-state index contributed by atoms with van der Waals surface area (Å²) in [6.45, 7) is 5.45. The second-order valence-electron chi connectivity index (χ2n) is 7.21. The molecule has 0 bridgehead atoms. The van der Waals surface area contributed by atoms with Gasteiger partial charge in [-0.1, -0.05) is 0 Å². The zero-order valence-electron chi connectivity index (χ0n) is 16.3. The minimum atomic E-state index is -0.383. The number of carbonyl (C=O) groups excluding carboxylic acids is 2. The summed E-state index contributed by atoms with van der Waals surface area (Å²) >= 11 is 1.66. The molecule has 2 aliphatic rings. The molecule has 0 unspecified atom stereocenters. The Hall–Kier alpha value is -2.65. The Labute approximate surface area is 173 Å². The van der Waals surface area contributed by atoms with E-state index in [9.17, 15) is 9.59 Å². The monoisotopic (exact) mass is 416 g/mol. The third-order valence-corrected chi connectivity index (χ3v) is 5.94. The number of aromatic nitrogens is 1. The number of aryl methyl sites for hydroxylation is 1. The summed E-state index contributed by atoms with van der Waals surface area (Å²) in [6, 6.07) is 4.97. The largest absolute Gasteiger partial charge is 0.486 e. The fourth-order valence-corrected chi connectivity index (χ4v) is 4.14. The molecule has 4 rings (SSSR count). The predicted octanol–water partition coefficient (Wildman–Crippen LogP) is 1.90. The Kier molecular flexibility index (Phi) is 5.96. The number of nitrogens with zero attached hydrogens (tertiary/aromatic N) is 2. The lowest BCUT2D eigenvalue weighted by Gasteiger charge is -2.30. The van der Waals surface area contributed by atoms with Crippen LogP contribution in [0.1, 0.15) is 33.9 Å². The lowest BCUT2D eigenvalue weighted by Crippen LogP contribution is -2.47. The van der Waals surface area contributed by atoms with Crippen molar-refractivity contribution in [2.45, 2.75) is 26.3 Å². The van der Waals surface area contributed by atoms with Crippen molar-refractivity contribution >= 4 is 23.2 Å². The lowest BCUT2D eigenvalue weighted by molar-refractivity contribution is -0.127. The van der Waals surface area contributed by atoms with Crippen molar-refractivity contribution in [3.63, 3.8) is 0 Å². The number of hydrazine groups is 1. The minimum Gasteiger partial charge on any atom is -0.486 e. The van der Waals surface area contributed by atoms with E-state index in [4.69, 9.17) is 9.47 Å². The number of piperidine rings is 1. The number of nitrogens with one attached hydrogen (secondary N) is 2. The van der Waals surface area contributed by atoms with Crippen LogP contribution in [0.4, 0.5) is 0 Å². The standard InChI is InChI=1S/C20H24N4O4S/c1-13-21-16(12-29-13)11-24-6-4-14(5-7-24)19(25)22-23-20(26)15-2-3-17-18(10-15)28-9-8-27-17/h2-3,10,12,14H,4-9,11H2,1H3,(H,22,25)(H,23,26). The van der Waals surface area contributed by atoms with Crippen LogP contribution in [0.5, 0.6) is 11.5 Å². The maximum Gasteiger partial charge on any atom is 0.269 e. The number of benzene rings is 1. The number of hydrogen-bond donors (Lipinski definition) is 2. The first-order chi connectivity index (χ1) is 14.1. The number of amides is 2. The van der Waals surface area contributed by atoms with Gasteiger partial charge in [0.05, 0.1) is 10.7 Å². The Balaban J connectivity index is 1.23. The van der Waals surface area contributed by atoms with Gasteiger partial charge in [0.1, 0.15) is 13.2 Å². The molecule has 9 heteroatoms. The van der Waals surface area contributed by atoms with Gasteiger partial charge in [0.25, 0.3) is 5.91 Å². The van der Waals surface area contributed by atoms with Crippen molar-refractivity contribution in [3.8, 4) is 11.5 Å². The summed E-state index contributed by atoms with van der Waals surface area (Å²) in [7, 11) is 0. The van der Waals surface area contributed by atoms with E-state index in [1.165, 1.54) is 0 Å². The third-order valence-electron chi connectivity index (χ3n) is 5.11. The normalized spacial score (nSPS) is 17.0. The van der Waals surface area contributed by atoms with E-state index in [1.807, 2.05) is 6.92 Å². The number of thiazole rings is 1. The molecule has 0 aliphatic carbocycles. The molecule has 0 saturated carbocycles. The van der Waals surface area contributed by atoms with E-state index >= 15 is 0 Å². The first-order valence-electron chi connectivity index (χ1n) is 9.72. The van der Waals surface area contributed by atoms with Gasteiger partial charge in [0.15, 0.2) is 11.5 Å². The molecule has 2 amide bonds. The van der Waals surface area contributed by atoms with Crippen LogP contribution in [0.15, 0.2) is 23.6 Å². The van der Waals surface area contributed by atoms with Crippen LogP contribution < -0.4 is 20.3 Å². The van der Waals surface area contributed by atoms with Crippen molar-refractivity contribution in [1.82, 2.24) is 20.7 Å². The number of likely N-dealkylation sites (tertiary alicyclic amines) is 1. The smallest absolute Gasteiger partial charge is 0.269 e. The molecule has 1 aromatic heterocycles. The molecular formula is C20H24N4O4S. The molecule has 0 radical (unpaired) electrons. The molecule has 3 heterocycles. The van der Waals surface area contributed by atoms with Gasteiger partial charge in [0, 0.05) is 23.4 Å². The Morgan fingerprint density at radius 3 is 2.66 bits per heavy atom. The highest BCUT2D eigenvalue weighted by Gasteiger charge is 2.26. The maximum atomic E-state index is 12.4. The fourth-order valence-electron chi connectivity index (χ4n) is 3.54. The second kappa shape index (κ2) is 8.79. The van der Waals surface area contributed by atoms with Gasteiger partial charge in [0.2, 0.25) is 5.91 Å². The van der Waals surface area contributed by atoms with Gasteiger partial charge in [-0.05, 0) is 51.1 Å². The third kappa shape index (κ3) is 4.86. The van der Waals surface area contributed by atoms with Crippen LogP contribution in [0.2, 0.25) is 0 Å². The van der Waals surface area contributed by atoms with Crippen LogP contribution in [0.3, 0.4) is 0 Å². The molecule has 1 fully saturated rings. The van der Waals surface area contributed by atoms with Crippen molar-refractivity contribution in [1.29, 1.82) is 0 Å². The summed E-state index contributed by atoms with van der Waals surface area (Å²) in [5.74, 6) is 0.519.